The lowest BCUT2D eigenvalue weighted by Crippen LogP contribution is -2.37. The SMILES string of the molecule is O=C(O)C1Cc2ccccc2N1Cc1csc(Br)c1. The Bertz CT molecular complexity index is 625. The minimum Gasteiger partial charge on any atom is -0.480 e. The van der Waals surface area contributed by atoms with Gasteiger partial charge in [0.1, 0.15) is 6.04 Å². The van der Waals surface area contributed by atoms with Gasteiger partial charge in [0, 0.05) is 18.7 Å². The molecular weight excluding hydrogens is 326 g/mol. The van der Waals surface area contributed by atoms with E-state index in [9.17, 15) is 9.90 Å². The molecule has 0 spiro atoms. The Labute approximate surface area is 123 Å². The summed E-state index contributed by atoms with van der Waals surface area (Å²) in [7, 11) is 0. The number of halogens is 1. The van der Waals surface area contributed by atoms with E-state index in [2.05, 4.69) is 21.3 Å². The number of aliphatic carboxylic acids is 1. The third kappa shape index (κ3) is 2.40. The van der Waals surface area contributed by atoms with Crippen LogP contribution in [0.1, 0.15) is 11.1 Å². The Kier molecular flexibility index (Phi) is 3.33. The van der Waals surface area contributed by atoms with Gasteiger partial charge in [0.15, 0.2) is 0 Å². The van der Waals surface area contributed by atoms with Gasteiger partial charge in [-0.3, -0.25) is 0 Å². The van der Waals surface area contributed by atoms with Gasteiger partial charge in [0.2, 0.25) is 0 Å². The van der Waals surface area contributed by atoms with Crippen LogP contribution in [0.4, 0.5) is 5.69 Å². The highest BCUT2D eigenvalue weighted by atomic mass is 79.9. The van der Waals surface area contributed by atoms with Crippen LogP contribution in [0.5, 0.6) is 0 Å². The number of carbonyl (C=O) groups is 1. The average molecular weight is 338 g/mol. The number of para-hydroxylation sites is 1. The largest absolute Gasteiger partial charge is 0.480 e. The van der Waals surface area contributed by atoms with Gasteiger partial charge in [0.25, 0.3) is 0 Å². The van der Waals surface area contributed by atoms with E-state index in [1.165, 1.54) is 0 Å². The minimum atomic E-state index is -0.759. The van der Waals surface area contributed by atoms with Gasteiger partial charge in [-0.05, 0) is 44.6 Å². The Hall–Kier alpha value is -1.33. The molecule has 0 bridgehead atoms. The summed E-state index contributed by atoms with van der Waals surface area (Å²) in [4.78, 5) is 13.4. The van der Waals surface area contributed by atoms with E-state index in [0.29, 0.717) is 13.0 Å². The molecular formula is C14H12BrNO2S. The van der Waals surface area contributed by atoms with E-state index in [1.807, 2.05) is 35.2 Å². The van der Waals surface area contributed by atoms with Crippen LogP contribution in [0, 0.1) is 0 Å². The van der Waals surface area contributed by atoms with E-state index < -0.39 is 12.0 Å². The number of rotatable bonds is 3. The normalized spacial score (nSPS) is 17.5. The van der Waals surface area contributed by atoms with Gasteiger partial charge >= 0.3 is 5.97 Å². The van der Waals surface area contributed by atoms with Crippen LogP contribution < -0.4 is 4.90 Å². The third-order valence-electron chi connectivity index (χ3n) is 3.35. The molecule has 1 aromatic carbocycles. The Morgan fingerprint density at radius 2 is 2.26 bits per heavy atom. The highest BCUT2D eigenvalue weighted by Gasteiger charge is 2.34. The van der Waals surface area contributed by atoms with Gasteiger partial charge in [-0.15, -0.1) is 11.3 Å². The molecule has 3 nitrogen and oxygen atoms in total. The van der Waals surface area contributed by atoms with Crippen LogP contribution in [0.2, 0.25) is 0 Å². The maximum Gasteiger partial charge on any atom is 0.326 e. The first-order chi connectivity index (χ1) is 9.15. The number of hydrogen-bond acceptors (Lipinski definition) is 3. The number of carboxylic acid groups (broad SMARTS) is 1. The van der Waals surface area contributed by atoms with Crippen LogP contribution in [0.3, 0.4) is 0 Å². The van der Waals surface area contributed by atoms with E-state index in [0.717, 1.165) is 20.6 Å². The molecule has 0 radical (unpaired) electrons. The smallest absolute Gasteiger partial charge is 0.326 e. The zero-order chi connectivity index (χ0) is 13.4. The summed E-state index contributed by atoms with van der Waals surface area (Å²) < 4.78 is 1.07. The number of carboxylic acids is 1. The third-order valence-corrected chi connectivity index (χ3v) is 4.90. The molecule has 0 aliphatic carbocycles. The fourth-order valence-corrected chi connectivity index (χ4v) is 3.69. The predicted molar refractivity (Wildman–Crippen MR) is 79.8 cm³/mol. The summed E-state index contributed by atoms with van der Waals surface area (Å²) in [5, 5.41) is 11.5. The van der Waals surface area contributed by atoms with E-state index >= 15 is 0 Å². The van der Waals surface area contributed by atoms with Crippen LogP contribution >= 0.6 is 27.3 Å². The van der Waals surface area contributed by atoms with Crippen LogP contribution in [0.15, 0.2) is 39.5 Å². The highest BCUT2D eigenvalue weighted by Crippen LogP contribution is 2.34. The number of thiophene rings is 1. The molecule has 2 heterocycles. The molecule has 3 rings (SSSR count). The quantitative estimate of drug-likeness (QED) is 0.931. The van der Waals surface area contributed by atoms with E-state index in [4.69, 9.17) is 0 Å². The Morgan fingerprint density at radius 1 is 1.47 bits per heavy atom. The van der Waals surface area contributed by atoms with Crippen molar-refractivity contribution in [2.24, 2.45) is 0 Å². The van der Waals surface area contributed by atoms with Crippen LogP contribution in [-0.4, -0.2) is 17.1 Å². The van der Waals surface area contributed by atoms with E-state index in [-0.39, 0.29) is 0 Å². The van der Waals surface area contributed by atoms with Gasteiger partial charge in [-0.2, -0.15) is 0 Å². The average Bonchev–Trinajstić information content (AvgIpc) is 2.95. The molecule has 5 heteroatoms. The standard InChI is InChI=1S/C14H12BrNO2S/c15-13-5-9(8-19-13)7-16-11-4-2-1-3-10(11)6-12(16)14(17)18/h1-5,8,12H,6-7H2,(H,17,18). The number of anilines is 1. The molecule has 19 heavy (non-hydrogen) atoms. The highest BCUT2D eigenvalue weighted by molar-refractivity contribution is 9.11. The molecule has 1 atom stereocenters. The summed E-state index contributed by atoms with van der Waals surface area (Å²) in [6.45, 7) is 0.635. The summed E-state index contributed by atoms with van der Waals surface area (Å²) in [5.41, 5.74) is 3.29. The fourth-order valence-electron chi connectivity index (χ4n) is 2.49. The second kappa shape index (κ2) is 4.98. The molecule has 0 saturated carbocycles. The lowest BCUT2D eigenvalue weighted by Gasteiger charge is -2.24. The molecule has 1 aliphatic rings. The van der Waals surface area contributed by atoms with Crippen molar-refractivity contribution in [3.63, 3.8) is 0 Å². The monoisotopic (exact) mass is 337 g/mol. The molecule has 1 unspecified atom stereocenters. The number of nitrogens with zero attached hydrogens (tertiary/aromatic N) is 1. The molecule has 1 N–H and O–H groups in total. The first-order valence-electron chi connectivity index (χ1n) is 5.95. The van der Waals surface area contributed by atoms with Crippen molar-refractivity contribution < 1.29 is 9.90 Å². The first-order valence-corrected chi connectivity index (χ1v) is 7.62. The molecule has 2 aromatic rings. The number of hydrogen-bond donors (Lipinski definition) is 1. The van der Waals surface area contributed by atoms with Crippen molar-refractivity contribution in [2.45, 2.75) is 19.0 Å². The van der Waals surface area contributed by atoms with Gasteiger partial charge < -0.3 is 10.0 Å². The molecule has 98 valence electrons. The summed E-state index contributed by atoms with van der Waals surface area (Å²) in [5.74, 6) is -0.759. The molecule has 1 aromatic heterocycles. The first kappa shape index (κ1) is 12.7. The predicted octanol–water partition coefficient (Wildman–Crippen LogP) is 3.53. The summed E-state index contributed by atoms with van der Waals surface area (Å²) in [6.07, 6.45) is 0.580. The molecule has 0 fully saturated rings. The molecule has 1 aliphatic heterocycles. The molecule has 0 saturated heterocycles. The second-order valence-electron chi connectivity index (χ2n) is 4.57. The maximum absolute atomic E-state index is 11.4. The zero-order valence-electron chi connectivity index (χ0n) is 10.0. The van der Waals surface area contributed by atoms with Crippen LogP contribution in [0.25, 0.3) is 0 Å². The fraction of sp³-hybridized carbons (Fsp3) is 0.214. The van der Waals surface area contributed by atoms with Gasteiger partial charge in [-0.1, -0.05) is 18.2 Å². The lowest BCUT2D eigenvalue weighted by molar-refractivity contribution is -0.138. The summed E-state index contributed by atoms with van der Waals surface area (Å²) in [6, 6.07) is 9.51. The second-order valence-corrected chi connectivity index (χ2v) is 6.86. The van der Waals surface area contributed by atoms with Crippen molar-refractivity contribution in [1.29, 1.82) is 0 Å². The van der Waals surface area contributed by atoms with E-state index in [1.54, 1.807) is 11.3 Å². The zero-order valence-corrected chi connectivity index (χ0v) is 12.4. The van der Waals surface area contributed by atoms with Gasteiger partial charge in [-0.25, -0.2) is 4.79 Å². The minimum absolute atomic E-state index is 0.462. The Morgan fingerprint density at radius 3 is 2.95 bits per heavy atom. The maximum atomic E-state index is 11.4. The van der Waals surface area contributed by atoms with Crippen molar-refractivity contribution in [3.05, 3.63) is 50.6 Å². The lowest BCUT2D eigenvalue weighted by atomic mass is 10.1. The van der Waals surface area contributed by atoms with Crippen molar-refractivity contribution in [2.75, 3.05) is 4.90 Å². The van der Waals surface area contributed by atoms with Crippen molar-refractivity contribution in [3.8, 4) is 0 Å². The number of fused-ring (bicyclic) bond motifs is 1. The summed E-state index contributed by atoms with van der Waals surface area (Å²) >= 11 is 5.06. The van der Waals surface area contributed by atoms with Crippen molar-refractivity contribution >= 4 is 38.9 Å². The van der Waals surface area contributed by atoms with Crippen molar-refractivity contribution in [1.82, 2.24) is 0 Å². The topological polar surface area (TPSA) is 40.5 Å². The van der Waals surface area contributed by atoms with Crippen LogP contribution in [-0.2, 0) is 17.8 Å². The number of benzene rings is 1. The van der Waals surface area contributed by atoms with Gasteiger partial charge in [0.05, 0.1) is 3.79 Å². The Balaban J connectivity index is 1.93. The molecule has 0 amide bonds.